The molecule has 2 rings (SSSR count). The molecule has 5 nitrogen and oxygen atoms in total. The second-order valence-corrected chi connectivity index (χ2v) is 5.86. The third-order valence-electron chi connectivity index (χ3n) is 3.32. The van der Waals surface area contributed by atoms with E-state index >= 15 is 0 Å². The van der Waals surface area contributed by atoms with Gasteiger partial charge in [0.25, 0.3) is 0 Å². The lowest BCUT2D eigenvalue weighted by Crippen LogP contribution is -2.51. The number of hydrogen-bond donors (Lipinski definition) is 2. The molecule has 1 saturated heterocycles. The Kier molecular flexibility index (Phi) is 5.85. The molecule has 0 radical (unpaired) electrons. The first kappa shape index (κ1) is 16.1. The van der Waals surface area contributed by atoms with Crippen LogP contribution in [0.2, 0.25) is 5.02 Å². The van der Waals surface area contributed by atoms with Crippen molar-refractivity contribution in [2.45, 2.75) is 25.5 Å². The molecule has 1 aromatic carbocycles. The van der Waals surface area contributed by atoms with Gasteiger partial charge in [0.05, 0.1) is 25.4 Å². The van der Waals surface area contributed by atoms with Gasteiger partial charge in [-0.2, -0.15) is 0 Å². The average Bonchev–Trinajstić information content (AvgIpc) is 2.85. The minimum Gasteiger partial charge on any atom is -0.379 e. The maximum atomic E-state index is 11.7. The Hall–Kier alpha value is -1.30. The molecule has 0 saturated carbocycles. The SMILES string of the molecule is C[C@]1(NC(=O)NCCOCc2cccc(Cl)c2)CCOC1. The van der Waals surface area contributed by atoms with Gasteiger partial charge in [0.15, 0.2) is 0 Å². The number of nitrogens with one attached hydrogen (secondary N) is 2. The quantitative estimate of drug-likeness (QED) is 0.793. The summed E-state index contributed by atoms with van der Waals surface area (Å²) in [4.78, 5) is 11.7. The Morgan fingerprint density at radius 2 is 2.38 bits per heavy atom. The van der Waals surface area contributed by atoms with E-state index in [0.717, 1.165) is 12.0 Å². The van der Waals surface area contributed by atoms with Crippen molar-refractivity contribution in [1.29, 1.82) is 0 Å². The van der Waals surface area contributed by atoms with Crippen LogP contribution in [0.25, 0.3) is 0 Å². The molecule has 1 aromatic rings. The van der Waals surface area contributed by atoms with Crippen molar-refractivity contribution < 1.29 is 14.3 Å². The smallest absolute Gasteiger partial charge is 0.315 e. The molecule has 0 unspecified atom stereocenters. The summed E-state index contributed by atoms with van der Waals surface area (Å²) < 4.78 is 10.8. The van der Waals surface area contributed by atoms with Gasteiger partial charge in [-0.3, -0.25) is 0 Å². The summed E-state index contributed by atoms with van der Waals surface area (Å²) in [6.45, 7) is 4.63. The number of benzene rings is 1. The van der Waals surface area contributed by atoms with E-state index in [4.69, 9.17) is 21.1 Å². The summed E-state index contributed by atoms with van der Waals surface area (Å²) in [5, 5.41) is 6.39. The Morgan fingerprint density at radius 1 is 1.52 bits per heavy atom. The third kappa shape index (κ3) is 5.53. The average molecular weight is 313 g/mol. The molecule has 0 spiro atoms. The van der Waals surface area contributed by atoms with Gasteiger partial charge < -0.3 is 20.1 Å². The lowest BCUT2D eigenvalue weighted by atomic mass is 10.0. The van der Waals surface area contributed by atoms with E-state index in [1.807, 2.05) is 31.2 Å². The summed E-state index contributed by atoms with van der Waals surface area (Å²) in [6, 6.07) is 7.34. The first-order chi connectivity index (χ1) is 10.1. The van der Waals surface area contributed by atoms with E-state index < -0.39 is 0 Å². The lowest BCUT2D eigenvalue weighted by molar-refractivity contribution is 0.122. The fraction of sp³-hybridized carbons (Fsp3) is 0.533. The number of ether oxygens (including phenoxy) is 2. The van der Waals surface area contributed by atoms with Crippen molar-refractivity contribution in [2.24, 2.45) is 0 Å². The van der Waals surface area contributed by atoms with Crippen LogP contribution in [0, 0.1) is 0 Å². The van der Waals surface area contributed by atoms with Crippen molar-refractivity contribution in [1.82, 2.24) is 10.6 Å². The van der Waals surface area contributed by atoms with Gasteiger partial charge in [0, 0.05) is 18.2 Å². The van der Waals surface area contributed by atoms with Crippen LogP contribution < -0.4 is 10.6 Å². The molecule has 21 heavy (non-hydrogen) atoms. The second kappa shape index (κ2) is 7.64. The number of amides is 2. The molecule has 0 aromatic heterocycles. The Bertz CT molecular complexity index is 476. The second-order valence-electron chi connectivity index (χ2n) is 5.43. The molecule has 1 aliphatic heterocycles. The highest BCUT2D eigenvalue weighted by Crippen LogP contribution is 2.16. The first-order valence-electron chi connectivity index (χ1n) is 7.03. The van der Waals surface area contributed by atoms with Crippen LogP contribution in [0.15, 0.2) is 24.3 Å². The van der Waals surface area contributed by atoms with Crippen LogP contribution in [-0.4, -0.2) is 37.9 Å². The fourth-order valence-corrected chi connectivity index (χ4v) is 2.35. The number of urea groups is 1. The van der Waals surface area contributed by atoms with Crippen molar-refractivity contribution in [3.05, 3.63) is 34.9 Å². The summed E-state index contributed by atoms with van der Waals surface area (Å²) in [5.74, 6) is 0. The molecule has 116 valence electrons. The maximum absolute atomic E-state index is 11.7. The number of hydrogen-bond acceptors (Lipinski definition) is 3. The Morgan fingerprint density at radius 3 is 3.10 bits per heavy atom. The van der Waals surface area contributed by atoms with Gasteiger partial charge in [0.1, 0.15) is 0 Å². The van der Waals surface area contributed by atoms with Crippen LogP contribution in [0.4, 0.5) is 4.79 Å². The zero-order chi connectivity index (χ0) is 15.1. The largest absolute Gasteiger partial charge is 0.379 e. The van der Waals surface area contributed by atoms with Crippen molar-refractivity contribution in [3.8, 4) is 0 Å². The lowest BCUT2D eigenvalue weighted by Gasteiger charge is -2.23. The third-order valence-corrected chi connectivity index (χ3v) is 3.56. The Labute approximate surface area is 130 Å². The van der Waals surface area contributed by atoms with E-state index in [-0.39, 0.29) is 11.6 Å². The summed E-state index contributed by atoms with van der Waals surface area (Å²) in [7, 11) is 0. The predicted octanol–water partition coefficient (Wildman–Crippen LogP) is 2.33. The molecule has 0 bridgehead atoms. The van der Waals surface area contributed by atoms with Crippen molar-refractivity contribution >= 4 is 17.6 Å². The van der Waals surface area contributed by atoms with Crippen LogP contribution in [0.1, 0.15) is 18.9 Å². The molecule has 0 aliphatic carbocycles. The van der Waals surface area contributed by atoms with Gasteiger partial charge in [-0.05, 0) is 31.0 Å². The highest BCUT2D eigenvalue weighted by atomic mass is 35.5. The molecule has 1 fully saturated rings. The monoisotopic (exact) mass is 312 g/mol. The minimum atomic E-state index is -0.258. The standard InChI is InChI=1S/C15H21ClN2O3/c1-15(5-7-21-11-15)18-14(19)17-6-8-20-10-12-3-2-4-13(16)9-12/h2-4,9H,5-8,10-11H2,1H3,(H2,17,18,19)/t15-/m0/s1. The molecule has 1 aliphatic rings. The normalized spacial score (nSPS) is 21.2. The van der Waals surface area contributed by atoms with Gasteiger partial charge in [0.2, 0.25) is 0 Å². The molecular formula is C15H21ClN2O3. The van der Waals surface area contributed by atoms with Crippen LogP contribution >= 0.6 is 11.6 Å². The molecule has 6 heteroatoms. The fourth-order valence-electron chi connectivity index (χ4n) is 2.14. The maximum Gasteiger partial charge on any atom is 0.315 e. The zero-order valence-electron chi connectivity index (χ0n) is 12.2. The highest BCUT2D eigenvalue weighted by molar-refractivity contribution is 6.30. The summed E-state index contributed by atoms with van der Waals surface area (Å²) in [5.41, 5.74) is 0.758. The van der Waals surface area contributed by atoms with Crippen molar-refractivity contribution in [2.75, 3.05) is 26.4 Å². The van der Waals surface area contributed by atoms with Crippen LogP contribution in [0.5, 0.6) is 0 Å². The molecule has 1 heterocycles. The molecular weight excluding hydrogens is 292 g/mol. The van der Waals surface area contributed by atoms with Crippen LogP contribution in [0.3, 0.4) is 0 Å². The molecule has 1 atom stereocenters. The van der Waals surface area contributed by atoms with E-state index in [1.54, 1.807) is 0 Å². The van der Waals surface area contributed by atoms with Gasteiger partial charge in [-0.15, -0.1) is 0 Å². The van der Waals surface area contributed by atoms with Gasteiger partial charge in [-0.1, -0.05) is 23.7 Å². The number of carbonyl (C=O) groups is 1. The zero-order valence-corrected chi connectivity index (χ0v) is 12.9. The first-order valence-corrected chi connectivity index (χ1v) is 7.41. The summed E-state index contributed by atoms with van der Waals surface area (Å²) >= 11 is 5.89. The predicted molar refractivity (Wildman–Crippen MR) is 81.5 cm³/mol. The van der Waals surface area contributed by atoms with Crippen molar-refractivity contribution in [3.63, 3.8) is 0 Å². The summed E-state index contributed by atoms with van der Waals surface area (Å²) in [6.07, 6.45) is 0.839. The van der Waals surface area contributed by atoms with Crippen LogP contribution in [-0.2, 0) is 16.1 Å². The van der Waals surface area contributed by atoms with E-state index in [0.29, 0.717) is 38.0 Å². The number of halogens is 1. The molecule has 2 amide bonds. The number of carbonyl (C=O) groups excluding carboxylic acids is 1. The van der Waals surface area contributed by atoms with Gasteiger partial charge in [-0.25, -0.2) is 4.79 Å². The van der Waals surface area contributed by atoms with E-state index in [9.17, 15) is 4.79 Å². The molecule has 2 N–H and O–H groups in total. The highest BCUT2D eigenvalue weighted by Gasteiger charge is 2.30. The van der Waals surface area contributed by atoms with Gasteiger partial charge >= 0.3 is 6.03 Å². The van der Waals surface area contributed by atoms with E-state index in [1.165, 1.54) is 0 Å². The topological polar surface area (TPSA) is 59.6 Å². The van der Waals surface area contributed by atoms with E-state index in [2.05, 4.69) is 10.6 Å². The Balaban J connectivity index is 1.58. The number of rotatable bonds is 6. The minimum absolute atomic E-state index is 0.186.